The van der Waals surface area contributed by atoms with Crippen molar-refractivity contribution in [2.75, 3.05) is 26.3 Å². The lowest BCUT2D eigenvalue weighted by atomic mass is 9.71. The summed E-state index contributed by atoms with van der Waals surface area (Å²) in [4.78, 5) is 45.3. The number of ether oxygens (including phenoxy) is 1. The highest BCUT2D eigenvalue weighted by atomic mass is 32.2. The van der Waals surface area contributed by atoms with E-state index in [4.69, 9.17) is 4.74 Å². The molecule has 4 rings (SSSR count). The van der Waals surface area contributed by atoms with Crippen LogP contribution in [0.3, 0.4) is 0 Å². The van der Waals surface area contributed by atoms with Gasteiger partial charge in [0.15, 0.2) is 0 Å². The first-order valence-electron chi connectivity index (χ1n) is 13.8. The molecule has 200 valence electrons. The molecule has 4 fully saturated rings. The molecule has 3 saturated heterocycles. The van der Waals surface area contributed by atoms with Crippen LogP contribution in [0.2, 0.25) is 0 Å². The number of likely N-dealkylation sites (tertiary alicyclic amines) is 1. The van der Waals surface area contributed by atoms with E-state index in [0.29, 0.717) is 32.5 Å². The number of hydrogen-bond acceptors (Lipinski definition) is 6. The van der Waals surface area contributed by atoms with Crippen molar-refractivity contribution in [3.63, 3.8) is 0 Å². The third-order valence-corrected chi connectivity index (χ3v) is 10.5. The summed E-state index contributed by atoms with van der Waals surface area (Å²) in [6.45, 7) is 8.90. The fourth-order valence-corrected chi connectivity index (χ4v) is 9.14. The molecule has 0 radical (unpaired) electrons. The Morgan fingerprint density at radius 1 is 1.14 bits per heavy atom. The molecule has 1 spiro atoms. The minimum atomic E-state index is -0.586. The number of rotatable bonds is 13. The van der Waals surface area contributed by atoms with E-state index in [1.807, 2.05) is 4.90 Å². The van der Waals surface area contributed by atoms with E-state index in [2.05, 4.69) is 13.2 Å². The molecule has 3 heterocycles. The summed E-state index contributed by atoms with van der Waals surface area (Å²) in [7, 11) is 0. The number of aliphatic hydroxyl groups excluding tert-OH is 1. The summed E-state index contributed by atoms with van der Waals surface area (Å²) < 4.78 is 5.05. The first-order valence-corrected chi connectivity index (χ1v) is 14.7. The Morgan fingerprint density at radius 3 is 2.61 bits per heavy atom. The SMILES string of the molecule is C=CCCCOC(=O)[C@@H]1[C@@H]2CCC3(S2)C(C(=O)N(CC=C)C2CCCCC2)N(CCCCO)C(=O)[C@H]13. The van der Waals surface area contributed by atoms with Gasteiger partial charge in [0.25, 0.3) is 0 Å². The van der Waals surface area contributed by atoms with E-state index in [-0.39, 0.29) is 35.7 Å². The van der Waals surface area contributed by atoms with Crippen LogP contribution in [0.5, 0.6) is 0 Å². The summed E-state index contributed by atoms with van der Waals surface area (Å²) >= 11 is 1.69. The van der Waals surface area contributed by atoms with E-state index in [0.717, 1.165) is 51.4 Å². The van der Waals surface area contributed by atoms with Crippen LogP contribution in [-0.4, -0.2) is 81.1 Å². The van der Waals surface area contributed by atoms with E-state index < -0.39 is 22.6 Å². The van der Waals surface area contributed by atoms with E-state index in [1.165, 1.54) is 6.42 Å². The minimum Gasteiger partial charge on any atom is -0.465 e. The van der Waals surface area contributed by atoms with Gasteiger partial charge in [0, 0.05) is 31.0 Å². The van der Waals surface area contributed by atoms with Crippen LogP contribution in [0.1, 0.15) is 70.6 Å². The fraction of sp³-hybridized carbons (Fsp3) is 0.750. The van der Waals surface area contributed by atoms with Crippen LogP contribution >= 0.6 is 11.8 Å². The second kappa shape index (κ2) is 12.2. The zero-order valence-electron chi connectivity index (χ0n) is 21.4. The Hall–Kier alpha value is -1.80. The number of carbonyl (C=O) groups is 3. The van der Waals surface area contributed by atoms with Crippen LogP contribution in [-0.2, 0) is 19.1 Å². The summed E-state index contributed by atoms with van der Waals surface area (Å²) in [5, 5.41) is 9.37. The van der Waals surface area contributed by atoms with Crippen molar-refractivity contribution in [3.05, 3.63) is 25.3 Å². The number of carbonyl (C=O) groups excluding carboxylic acids is 3. The molecule has 0 aromatic heterocycles. The largest absolute Gasteiger partial charge is 0.465 e. The van der Waals surface area contributed by atoms with E-state index in [1.54, 1.807) is 28.8 Å². The fourth-order valence-electron chi connectivity index (χ4n) is 6.94. The number of amides is 2. The van der Waals surface area contributed by atoms with E-state index in [9.17, 15) is 19.5 Å². The maximum atomic E-state index is 14.4. The van der Waals surface area contributed by atoms with Crippen molar-refractivity contribution in [1.29, 1.82) is 0 Å². The zero-order chi connectivity index (χ0) is 25.7. The number of allylic oxidation sites excluding steroid dienone is 1. The van der Waals surface area contributed by atoms with Gasteiger partial charge in [-0.3, -0.25) is 14.4 Å². The number of esters is 1. The number of hydrogen-bond donors (Lipinski definition) is 1. The Balaban J connectivity index is 1.62. The Kier molecular flexibility index (Phi) is 9.20. The van der Waals surface area contributed by atoms with Crippen LogP contribution < -0.4 is 0 Å². The van der Waals surface area contributed by atoms with Gasteiger partial charge in [0.05, 0.1) is 23.2 Å². The molecule has 0 aromatic rings. The molecule has 2 bridgehead atoms. The zero-order valence-corrected chi connectivity index (χ0v) is 22.3. The molecule has 3 aliphatic heterocycles. The molecule has 8 heteroatoms. The van der Waals surface area contributed by atoms with Crippen LogP contribution in [0.25, 0.3) is 0 Å². The molecule has 5 atom stereocenters. The third-order valence-electron chi connectivity index (χ3n) is 8.53. The van der Waals surface area contributed by atoms with Gasteiger partial charge < -0.3 is 19.6 Å². The van der Waals surface area contributed by atoms with E-state index >= 15 is 0 Å². The number of thioether (sulfide) groups is 1. The molecule has 2 unspecified atom stereocenters. The van der Waals surface area contributed by atoms with Gasteiger partial charge in [-0.1, -0.05) is 31.4 Å². The van der Waals surface area contributed by atoms with Crippen LogP contribution in [0.4, 0.5) is 0 Å². The Labute approximate surface area is 219 Å². The predicted octanol–water partition coefficient (Wildman–Crippen LogP) is 3.71. The number of fused-ring (bicyclic) bond motifs is 1. The molecule has 1 saturated carbocycles. The average molecular weight is 519 g/mol. The second-order valence-corrected chi connectivity index (χ2v) is 12.3. The normalized spacial score (nSPS) is 31.4. The van der Waals surface area contributed by atoms with Gasteiger partial charge in [-0.15, -0.1) is 24.9 Å². The summed E-state index contributed by atoms with van der Waals surface area (Å²) in [6.07, 6.45) is 13.3. The monoisotopic (exact) mass is 518 g/mol. The van der Waals surface area contributed by atoms with Gasteiger partial charge >= 0.3 is 5.97 Å². The molecule has 4 aliphatic rings. The number of aliphatic hydroxyl groups is 1. The maximum absolute atomic E-state index is 14.4. The van der Waals surface area contributed by atoms with Crippen molar-refractivity contribution >= 4 is 29.5 Å². The lowest BCUT2D eigenvalue weighted by molar-refractivity contribution is -0.154. The standard InChI is InChI=1S/C28H42N2O5S/c1-3-5-11-19-35-27(34)22-21-14-15-28(36-21)23(22)25(32)30(17-9-10-18-31)24(28)26(33)29(16-4-2)20-12-7-6-8-13-20/h3-4,20-24,31H,1-2,5-19H2/t21-,22+,23-,24?,28?/m0/s1. The molecular weight excluding hydrogens is 476 g/mol. The highest BCUT2D eigenvalue weighted by Gasteiger charge is 2.74. The van der Waals surface area contributed by atoms with Gasteiger partial charge in [0.2, 0.25) is 11.8 Å². The first kappa shape index (κ1) is 27.2. The average Bonchev–Trinajstić information content (AvgIpc) is 3.53. The van der Waals surface area contributed by atoms with Crippen molar-refractivity contribution in [2.45, 2.75) is 92.7 Å². The highest BCUT2D eigenvalue weighted by Crippen LogP contribution is 2.66. The van der Waals surface area contributed by atoms with Crippen molar-refractivity contribution in [1.82, 2.24) is 9.80 Å². The second-order valence-electron chi connectivity index (χ2n) is 10.7. The molecule has 7 nitrogen and oxygen atoms in total. The lowest BCUT2D eigenvalue weighted by Gasteiger charge is -2.41. The predicted molar refractivity (Wildman–Crippen MR) is 141 cm³/mol. The molecular formula is C28H42N2O5S. The van der Waals surface area contributed by atoms with Crippen molar-refractivity contribution < 1.29 is 24.2 Å². The van der Waals surface area contributed by atoms with Gasteiger partial charge in [-0.05, 0) is 51.4 Å². The quantitative estimate of drug-likeness (QED) is 0.227. The first-order chi connectivity index (χ1) is 17.5. The molecule has 2 amide bonds. The number of unbranched alkanes of at least 4 members (excludes halogenated alkanes) is 2. The van der Waals surface area contributed by atoms with Crippen molar-refractivity contribution in [2.24, 2.45) is 11.8 Å². The summed E-state index contributed by atoms with van der Waals surface area (Å²) in [5.74, 6) is -1.39. The van der Waals surface area contributed by atoms with Crippen LogP contribution in [0, 0.1) is 11.8 Å². The van der Waals surface area contributed by atoms with Gasteiger partial charge in [-0.2, -0.15) is 0 Å². The Morgan fingerprint density at radius 2 is 1.92 bits per heavy atom. The molecule has 0 aromatic carbocycles. The van der Waals surface area contributed by atoms with Gasteiger partial charge in [0.1, 0.15) is 6.04 Å². The summed E-state index contributed by atoms with van der Waals surface area (Å²) in [6, 6.07) is -0.410. The topological polar surface area (TPSA) is 87.2 Å². The van der Waals surface area contributed by atoms with Crippen LogP contribution in [0.15, 0.2) is 25.3 Å². The molecule has 1 N–H and O–H groups in total. The van der Waals surface area contributed by atoms with Gasteiger partial charge in [-0.25, -0.2) is 0 Å². The number of nitrogens with zero attached hydrogens (tertiary/aromatic N) is 2. The smallest absolute Gasteiger partial charge is 0.310 e. The Bertz CT molecular complexity index is 844. The minimum absolute atomic E-state index is 0.00907. The summed E-state index contributed by atoms with van der Waals surface area (Å²) in [5.41, 5.74) is 0. The highest BCUT2D eigenvalue weighted by molar-refractivity contribution is 8.02. The maximum Gasteiger partial charge on any atom is 0.310 e. The molecule has 1 aliphatic carbocycles. The molecule has 36 heavy (non-hydrogen) atoms. The lowest BCUT2D eigenvalue weighted by Crippen LogP contribution is -2.57. The van der Waals surface area contributed by atoms with Crippen molar-refractivity contribution in [3.8, 4) is 0 Å². The third kappa shape index (κ3) is 5.00.